The molecule has 0 saturated heterocycles. The molecule has 0 spiro atoms. The molecule has 1 aromatic carbocycles. The molecule has 1 amide bonds. The van der Waals surface area contributed by atoms with E-state index in [1.807, 2.05) is 13.8 Å². The Morgan fingerprint density at radius 2 is 1.88 bits per heavy atom. The van der Waals surface area contributed by atoms with Crippen LogP contribution in [-0.4, -0.2) is 44.5 Å². The monoisotopic (exact) mass is 397 g/mol. The molecule has 10 heteroatoms. The molecule has 0 saturated carbocycles. The summed E-state index contributed by atoms with van der Waals surface area (Å²) in [5.74, 6) is 1.44. The van der Waals surface area contributed by atoms with E-state index < -0.39 is 15.6 Å². The number of thioether (sulfide) groups is 1. The van der Waals surface area contributed by atoms with Crippen molar-refractivity contribution < 1.29 is 17.9 Å². The van der Waals surface area contributed by atoms with E-state index in [4.69, 9.17) is 15.6 Å². The Hall–Kier alpha value is -1.00. The van der Waals surface area contributed by atoms with Gasteiger partial charge in [-0.15, -0.1) is 24.2 Å². The Labute approximate surface area is 153 Å². The first-order chi connectivity index (χ1) is 10.6. The number of halogens is 1. The number of amides is 1. The molecule has 0 heterocycles. The summed E-state index contributed by atoms with van der Waals surface area (Å²) in [5, 5.41) is 7.85. The lowest BCUT2D eigenvalue weighted by molar-refractivity contribution is -0.120. The van der Waals surface area contributed by atoms with Crippen LogP contribution in [-0.2, 0) is 14.8 Å². The number of carbonyl (C=O) groups is 1. The van der Waals surface area contributed by atoms with Crippen molar-refractivity contribution in [2.45, 2.75) is 24.3 Å². The van der Waals surface area contributed by atoms with Crippen molar-refractivity contribution in [1.29, 1.82) is 0 Å². The number of sulfonamides is 1. The van der Waals surface area contributed by atoms with Crippen molar-refractivity contribution in [3.05, 3.63) is 24.3 Å². The molecular formula is C14H24ClN3O4S2. The van der Waals surface area contributed by atoms with Gasteiger partial charge in [0.05, 0.1) is 17.3 Å². The van der Waals surface area contributed by atoms with Crippen LogP contribution in [0, 0.1) is 0 Å². The summed E-state index contributed by atoms with van der Waals surface area (Å²) < 4.78 is 27.7. The molecule has 5 N–H and O–H groups in total. The lowest BCUT2D eigenvalue weighted by Gasteiger charge is -2.24. The first-order valence-electron chi connectivity index (χ1n) is 6.98. The van der Waals surface area contributed by atoms with Crippen LogP contribution in [0.3, 0.4) is 0 Å². The van der Waals surface area contributed by atoms with Crippen LogP contribution in [0.1, 0.15) is 13.8 Å². The lowest BCUT2D eigenvalue weighted by atomic mass is 10.1. The van der Waals surface area contributed by atoms with Gasteiger partial charge in [-0.1, -0.05) is 0 Å². The maximum absolute atomic E-state index is 11.7. The predicted octanol–water partition coefficient (Wildman–Crippen LogP) is 0.721. The molecular weight excluding hydrogens is 374 g/mol. The number of primary sulfonamides is 1. The Morgan fingerprint density at radius 1 is 1.29 bits per heavy atom. The molecule has 0 aliphatic heterocycles. The number of nitrogens with one attached hydrogen (secondary N) is 1. The van der Waals surface area contributed by atoms with Crippen molar-refractivity contribution in [3.63, 3.8) is 0 Å². The van der Waals surface area contributed by atoms with E-state index in [-0.39, 0.29) is 23.2 Å². The molecule has 138 valence electrons. The van der Waals surface area contributed by atoms with Crippen LogP contribution in [0.25, 0.3) is 0 Å². The number of hydrogen-bond acceptors (Lipinski definition) is 6. The predicted molar refractivity (Wildman–Crippen MR) is 99.2 cm³/mol. The van der Waals surface area contributed by atoms with Gasteiger partial charge < -0.3 is 15.8 Å². The van der Waals surface area contributed by atoms with Crippen molar-refractivity contribution in [1.82, 2.24) is 5.32 Å². The highest BCUT2D eigenvalue weighted by Crippen LogP contribution is 2.15. The van der Waals surface area contributed by atoms with Crippen molar-refractivity contribution in [3.8, 4) is 5.75 Å². The van der Waals surface area contributed by atoms with Gasteiger partial charge in [0.2, 0.25) is 15.9 Å². The lowest BCUT2D eigenvalue weighted by Crippen LogP contribution is -2.49. The number of rotatable bonds is 9. The average molecular weight is 398 g/mol. The van der Waals surface area contributed by atoms with Crippen molar-refractivity contribution >= 4 is 40.1 Å². The molecule has 0 radical (unpaired) electrons. The number of ether oxygens (including phenoxy) is 1. The Bertz CT molecular complexity index is 621. The zero-order valence-corrected chi connectivity index (χ0v) is 16.1. The maximum atomic E-state index is 11.7. The van der Waals surface area contributed by atoms with Gasteiger partial charge in [0.25, 0.3) is 0 Å². The Morgan fingerprint density at radius 3 is 2.38 bits per heavy atom. The molecule has 1 rings (SSSR count). The molecule has 0 unspecified atom stereocenters. The van der Waals surface area contributed by atoms with Crippen LogP contribution in [0.5, 0.6) is 5.75 Å². The third-order valence-corrected chi connectivity index (χ3v) is 4.72. The summed E-state index contributed by atoms with van der Waals surface area (Å²) >= 11 is 1.45. The summed E-state index contributed by atoms with van der Waals surface area (Å²) in [6.07, 6.45) is 0. The summed E-state index contributed by atoms with van der Waals surface area (Å²) in [6.45, 7) is 4.52. The molecule has 0 aliphatic rings. The minimum Gasteiger partial charge on any atom is -0.493 e. The van der Waals surface area contributed by atoms with Gasteiger partial charge >= 0.3 is 0 Å². The summed E-state index contributed by atoms with van der Waals surface area (Å²) in [7, 11) is -3.69. The SMILES string of the molecule is CC(C)(CN)NC(=O)CSCCOc1ccc(S(N)(=O)=O)cc1.Cl. The van der Waals surface area contributed by atoms with E-state index in [9.17, 15) is 13.2 Å². The zero-order valence-electron chi connectivity index (χ0n) is 13.7. The Balaban J connectivity index is 0.00000529. The third kappa shape index (κ3) is 8.74. The van der Waals surface area contributed by atoms with Crippen LogP contribution >= 0.6 is 24.2 Å². The first-order valence-corrected chi connectivity index (χ1v) is 9.69. The molecule has 0 atom stereocenters. The highest BCUT2D eigenvalue weighted by Gasteiger charge is 2.17. The van der Waals surface area contributed by atoms with E-state index in [0.717, 1.165) is 0 Å². The van der Waals surface area contributed by atoms with Crippen LogP contribution in [0.2, 0.25) is 0 Å². The van der Waals surface area contributed by atoms with Crippen molar-refractivity contribution in [2.24, 2.45) is 10.9 Å². The molecule has 24 heavy (non-hydrogen) atoms. The highest BCUT2D eigenvalue weighted by molar-refractivity contribution is 7.99. The summed E-state index contributed by atoms with van der Waals surface area (Å²) in [5.41, 5.74) is 5.14. The Kier molecular flexibility index (Phi) is 9.68. The third-order valence-electron chi connectivity index (χ3n) is 2.87. The topological polar surface area (TPSA) is 125 Å². The van der Waals surface area contributed by atoms with Gasteiger partial charge in [-0.25, -0.2) is 13.6 Å². The normalized spacial score (nSPS) is 11.5. The fourth-order valence-corrected chi connectivity index (χ4v) is 2.69. The quantitative estimate of drug-likeness (QED) is 0.527. The van der Waals surface area contributed by atoms with E-state index in [0.29, 0.717) is 30.4 Å². The molecule has 1 aromatic rings. The number of hydrogen-bond donors (Lipinski definition) is 3. The van der Waals surface area contributed by atoms with Gasteiger partial charge in [0, 0.05) is 17.8 Å². The van der Waals surface area contributed by atoms with E-state index in [1.54, 1.807) is 12.1 Å². The van der Waals surface area contributed by atoms with E-state index >= 15 is 0 Å². The average Bonchev–Trinajstić information content (AvgIpc) is 2.46. The van der Waals surface area contributed by atoms with Gasteiger partial charge in [0.1, 0.15) is 5.75 Å². The number of benzene rings is 1. The first kappa shape index (κ1) is 23.0. The molecule has 7 nitrogen and oxygen atoms in total. The zero-order chi connectivity index (χ0) is 17.5. The van der Waals surface area contributed by atoms with E-state index in [2.05, 4.69) is 5.32 Å². The second-order valence-electron chi connectivity index (χ2n) is 5.55. The van der Waals surface area contributed by atoms with Gasteiger partial charge in [-0.2, -0.15) is 0 Å². The van der Waals surface area contributed by atoms with Gasteiger partial charge in [-0.3, -0.25) is 4.79 Å². The fraction of sp³-hybridized carbons (Fsp3) is 0.500. The standard InChI is InChI=1S/C14H23N3O4S2.ClH/c1-14(2,10-15)17-13(18)9-22-8-7-21-11-3-5-12(6-4-11)23(16,19)20;/h3-6H,7-10,15H2,1-2H3,(H,17,18)(H2,16,19,20);1H. The highest BCUT2D eigenvalue weighted by atomic mass is 35.5. The van der Waals surface area contributed by atoms with Crippen LogP contribution in [0.4, 0.5) is 0 Å². The number of carbonyl (C=O) groups excluding carboxylic acids is 1. The van der Waals surface area contributed by atoms with E-state index in [1.165, 1.54) is 23.9 Å². The molecule has 0 bridgehead atoms. The smallest absolute Gasteiger partial charge is 0.238 e. The number of nitrogens with two attached hydrogens (primary N) is 2. The van der Waals surface area contributed by atoms with Crippen molar-refractivity contribution in [2.75, 3.05) is 24.7 Å². The molecule has 0 fully saturated rings. The second kappa shape index (κ2) is 10.1. The maximum Gasteiger partial charge on any atom is 0.238 e. The largest absolute Gasteiger partial charge is 0.493 e. The molecule has 0 aromatic heterocycles. The fourth-order valence-electron chi connectivity index (χ4n) is 1.57. The van der Waals surface area contributed by atoms with Gasteiger partial charge in [-0.05, 0) is 38.1 Å². The van der Waals surface area contributed by atoms with Crippen LogP contribution < -0.4 is 20.9 Å². The minimum absolute atomic E-state index is 0. The summed E-state index contributed by atoms with van der Waals surface area (Å²) in [6, 6.07) is 5.86. The van der Waals surface area contributed by atoms with Gasteiger partial charge in [0.15, 0.2) is 0 Å². The minimum atomic E-state index is -3.69. The second-order valence-corrected chi connectivity index (χ2v) is 8.22. The summed E-state index contributed by atoms with van der Waals surface area (Å²) in [4.78, 5) is 11.7. The van der Waals surface area contributed by atoms with Crippen LogP contribution in [0.15, 0.2) is 29.2 Å². The molecule has 0 aliphatic carbocycles.